The summed E-state index contributed by atoms with van der Waals surface area (Å²) in [6.07, 6.45) is 8.00. The van der Waals surface area contributed by atoms with Crippen LogP contribution in [-0.4, -0.2) is 4.98 Å². The Morgan fingerprint density at radius 1 is 1.43 bits per heavy atom. The quantitative estimate of drug-likeness (QED) is 0.561. The molecule has 0 amide bonds. The fraction of sp³-hybridized carbons (Fsp3) is 0.100. The van der Waals surface area contributed by atoms with Crippen LogP contribution in [0.3, 0.4) is 0 Å². The Kier molecular flexibility index (Phi) is 3.35. The van der Waals surface area contributed by atoms with E-state index in [-0.39, 0.29) is 21.7 Å². The van der Waals surface area contributed by atoms with E-state index in [9.17, 15) is 8.78 Å². The standard InChI is InChI=1S/C10H8F2N.Ti/c11-9-2-1-4-10(12,6-9)8-3-5-13-7-8;/h1-7,13H;/q-1;. The summed E-state index contributed by atoms with van der Waals surface area (Å²) < 4.78 is 26.7. The van der Waals surface area contributed by atoms with E-state index in [2.05, 4.69) is 4.98 Å². The van der Waals surface area contributed by atoms with Crippen molar-refractivity contribution in [3.8, 4) is 0 Å². The third-order valence-electron chi connectivity index (χ3n) is 1.98. The van der Waals surface area contributed by atoms with Crippen LogP contribution >= 0.6 is 0 Å². The number of hydrogen-bond acceptors (Lipinski definition) is 0. The van der Waals surface area contributed by atoms with E-state index in [0.717, 1.165) is 6.42 Å². The first kappa shape index (κ1) is 11.3. The van der Waals surface area contributed by atoms with Crippen molar-refractivity contribution in [3.05, 3.63) is 54.5 Å². The average molecular weight is 228 g/mol. The van der Waals surface area contributed by atoms with Crippen LogP contribution in [0.1, 0.15) is 5.56 Å². The van der Waals surface area contributed by atoms with Gasteiger partial charge in [-0.2, -0.15) is 12.5 Å². The summed E-state index contributed by atoms with van der Waals surface area (Å²) in [5, 5.41) is 0. The minimum atomic E-state index is -1.81. The molecule has 1 N–H and O–H groups in total. The molecular formula is C10H8F2NTi-. The van der Waals surface area contributed by atoms with E-state index < -0.39 is 11.5 Å². The summed E-state index contributed by atoms with van der Waals surface area (Å²) in [6.45, 7) is 0. The third-order valence-corrected chi connectivity index (χ3v) is 1.98. The van der Waals surface area contributed by atoms with Crippen LogP contribution in [0.15, 0.2) is 42.5 Å². The van der Waals surface area contributed by atoms with Gasteiger partial charge in [-0.25, -0.2) is 8.78 Å². The fourth-order valence-corrected chi connectivity index (χ4v) is 1.32. The molecule has 0 saturated heterocycles. The first-order chi connectivity index (χ1) is 6.21. The van der Waals surface area contributed by atoms with Crippen LogP contribution in [0, 0.1) is 6.42 Å². The molecule has 4 heteroatoms. The van der Waals surface area contributed by atoms with E-state index in [1.807, 2.05) is 0 Å². The van der Waals surface area contributed by atoms with E-state index >= 15 is 0 Å². The molecule has 14 heavy (non-hydrogen) atoms. The Balaban J connectivity index is 0.000000980. The van der Waals surface area contributed by atoms with Crippen molar-refractivity contribution >= 4 is 0 Å². The summed E-state index contributed by atoms with van der Waals surface area (Å²) in [4.78, 5) is 2.73. The smallest absolute Gasteiger partial charge is 0.112 e. The molecule has 0 aromatic carbocycles. The predicted octanol–water partition coefficient (Wildman–Crippen LogP) is 2.80. The van der Waals surface area contributed by atoms with Gasteiger partial charge in [0.15, 0.2) is 0 Å². The van der Waals surface area contributed by atoms with Gasteiger partial charge in [-0.1, -0.05) is 6.08 Å². The maximum Gasteiger partial charge on any atom is 0.112 e. The van der Waals surface area contributed by atoms with Gasteiger partial charge >= 0.3 is 0 Å². The van der Waals surface area contributed by atoms with Crippen LogP contribution in [0.4, 0.5) is 8.78 Å². The number of aromatic amines is 1. The third kappa shape index (κ3) is 1.99. The zero-order valence-corrected chi connectivity index (χ0v) is 8.86. The molecule has 1 aliphatic rings. The number of allylic oxidation sites excluding steroid dienone is 4. The van der Waals surface area contributed by atoms with E-state index in [0.29, 0.717) is 5.56 Å². The molecule has 1 atom stereocenters. The van der Waals surface area contributed by atoms with Gasteiger partial charge in [0.2, 0.25) is 0 Å². The summed E-state index contributed by atoms with van der Waals surface area (Å²) >= 11 is 0. The first-order valence-electron chi connectivity index (χ1n) is 3.94. The first-order valence-corrected chi connectivity index (χ1v) is 3.94. The molecule has 0 bridgehead atoms. The van der Waals surface area contributed by atoms with Crippen molar-refractivity contribution in [2.24, 2.45) is 0 Å². The fourth-order valence-electron chi connectivity index (χ4n) is 1.32. The van der Waals surface area contributed by atoms with Crippen molar-refractivity contribution in [2.45, 2.75) is 5.67 Å². The number of nitrogens with one attached hydrogen (secondary N) is 1. The number of hydrogen-bond donors (Lipinski definition) is 1. The van der Waals surface area contributed by atoms with Gasteiger partial charge in [0.05, 0.1) is 0 Å². The number of aromatic nitrogens is 1. The Morgan fingerprint density at radius 3 is 2.79 bits per heavy atom. The maximum absolute atomic E-state index is 13.9. The zero-order chi connectivity index (χ0) is 9.31. The van der Waals surface area contributed by atoms with Gasteiger partial charge in [-0.3, -0.25) is 0 Å². The minimum absolute atomic E-state index is 0. The van der Waals surface area contributed by atoms with Crippen LogP contribution in [0.25, 0.3) is 0 Å². The number of rotatable bonds is 1. The zero-order valence-electron chi connectivity index (χ0n) is 7.30. The monoisotopic (exact) mass is 228 g/mol. The molecule has 1 aliphatic carbocycles. The molecule has 1 aromatic heterocycles. The van der Waals surface area contributed by atoms with Gasteiger partial charge in [-0.15, -0.1) is 6.08 Å². The van der Waals surface area contributed by atoms with E-state index in [4.69, 9.17) is 0 Å². The SMILES string of the molecule is FC1=CC=CC(F)(c2cc[nH]c2)[CH-]1.[Ti]. The van der Waals surface area contributed by atoms with Crippen molar-refractivity contribution in [1.29, 1.82) is 0 Å². The molecule has 1 unspecified atom stereocenters. The van der Waals surface area contributed by atoms with Crippen molar-refractivity contribution in [1.82, 2.24) is 4.98 Å². The molecule has 1 heterocycles. The maximum atomic E-state index is 13.9. The second-order valence-corrected chi connectivity index (χ2v) is 2.92. The second-order valence-electron chi connectivity index (χ2n) is 2.92. The normalized spacial score (nSPS) is 24.9. The van der Waals surface area contributed by atoms with Crippen molar-refractivity contribution in [3.63, 3.8) is 0 Å². The predicted molar refractivity (Wildman–Crippen MR) is 46.2 cm³/mol. The molecular weight excluding hydrogens is 220 g/mol. The Hall–Kier alpha value is -0.796. The molecule has 2 rings (SSSR count). The van der Waals surface area contributed by atoms with Crippen LogP contribution in [0.5, 0.6) is 0 Å². The van der Waals surface area contributed by atoms with Gasteiger partial charge in [0.1, 0.15) is 5.67 Å². The minimum Gasteiger partial charge on any atom is -0.367 e. The van der Waals surface area contributed by atoms with Crippen LogP contribution < -0.4 is 0 Å². The van der Waals surface area contributed by atoms with Gasteiger partial charge in [0.25, 0.3) is 0 Å². The molecule has 1 nitrogen and oxygen atoms in total. The summed E-state index contributed by atoms with van der Waals surface area (Å²) in [6, 6.07) is 1.58. The van der Waals surface area contributed by atoms with Gasteiger partial charge in [0, 0.05) is 34.1 Å². The van der Waals surface area contributed by atoms with Crippen LogP contribution in [0.2, 0.25) is 0 Å². The van der Waals surface area contributed by atoms with E-state index in [1.165, 1.54) is 24.4 Å². The molecule has 0 spiro atoms. The molecule has 0 radical (unpaired) electrons. The molecule has 0 saturated carbocycles. The van der Waals surface area contributed by atoms with Crippen molar-refractivity contribution < 1.29 is 30.5 Å². The average Bonchev–Trinajstić information content (AvgIpc) is 2.55. The summed E-state index contributed by atoms with van der Waals surface area (Å²) in [5.74, 6) is -0.550. The topological polar surface area (TPSA) is 15.8 Å². The molecule has 0 fully saturated rings. The molecule has 1 aromatic rings. The number of H-pyrrole nitrogens is 1. The Morgan fingerprint density at radius 2 is 2.21 bits per heavy atom. The van der Waals surface area contributed by atoms with E-state index in [1.54, 1.807) is 12.3 Å². The Bertz CT molecular complexity index is 356. The number of alkyl halides is 1. The number of halogens is 2. The second kappa shape index (κ2) is 4.15. The largest absolute Gasteiger partial charge is 0.367 e. The van der Waals surface area contributed by atoms with Crippen molar-refractivity contribution in [2.75, 3.05) is 0 Å². The molecule has 0 aliphatic heterocycles. The molecule has 72 valence electrons. The Labute approximate surface area is 95.8 Å². The van der Waals surface area contributed by atoms with Crippen LogP contribution in [-0.2, 0) is 27.4 Å². The van der Waals surface area contributed by atoms with Gasteiger partial charge < -0.3 is 4.98 Å². The summed E-state index contributed by atoms with van der Waals surface area (Å²) in [5.41, 5.74) is -1.40. The van der Waals surface area contributed by atoms with Gasteiger partial charge in [-0.05, 0) is 17.5 Å². The summed E-state index contributed by atoms with van der Waals surface area (Å²) in [7, 11) is 0.